The number of carbonyl (C=O) groups is 4. The van der Waals surface area contributed by atoms with Gasteiger partial charge in [0.2, 0.25) is 21.8 Å². The fourth-order valence-corrected chi connectivity index (χ4v) is 6.82. The molecular weight excluding hydrogens is 654 g/mol. The lowest BCUT2D eigenvalue weighted by Gasteiger charge is -2.36. The number of nitrogens with one attached hydrogen (secondary N) is 3. The summed E-state index contributed by atoms with van der Waals surface area (Å²) in [6.45, 7) is 15.7. The Kier molecular flexibility index (Phi) is 10.9. The molecule has 15 heteroatoms. The summed E-state index contributed by atoms with van der Waals surface area (Å²) in [6.07, 6.45) is 6.80. The second-order valence-electron chi connectivity index (χ2n) is 14.5. The Labute approximate surface area is 287 Å². The van der Waals surface area contributed by atoms with Crippen molar-refractivity contribution in [1.29, 1.82) is 0 Å². The van der Waals surface area contributed by atoms with Crippen molar-refractivity contribution >= 4 is 33.8 Å². The Hall–Kier alpha value is -4.40. The van der Waals surface area contributed by atoms with E-state index in [1.54, 1.807) is 73.1 Å². The number of furan rings is 1. The molecule has 3 N–H and O–H groups in total. The zero-order valence-electron chi connectivity index (χ0n) is 29.1. The van der Waals surface area contributed by atoms with Crippen LogP contribution in [0, 0.1) is 5.41 Å². The molecule has 1 saturated carbocycles. The highest BCUT2D eigenvalue weighted by Crippen LogP contribution is 2.31. The average Bonchev–Trinajstić information content (AvgIpc) is 3.57. The van der Waals surface area contributed by atoms with Gasteiger partial charge in [0.05, 0.1) is 30.5 Å². The molecule has 0 bridgehead atoms. The number of rotatable bonds is 12. The molecule has 1 saturated heterocycles. The third kappa shape index (κ3) is 9.19. The molecule has 0 radical (unpaired) electrons. The van der Waals surface area contributed by atoms with Crippen molar-refractivity contribution in [3.05, 3.63) is 49.7 Å². The highest BCUT2D eigenvalue weighted by Gasteiger charge is 2.49. The van der Waals surface area contributed by atoms with Gasteiger partial charge in [-0.2, -0.15) is 0 Å². The van der Waals surface area contributed by atoms with Crippen molar-refractivity contribution in [3.63, 3.8) is 0 Å². The first-order chi connectivity index (χ1) is 22.8. The van der Waals surface area contributed by atoms with E-state index in [0.717, 1.165) is 11.1 Å². The fourth-order valence-electron chi connectivity index (χ4n) is 5.46. The number of hydrogen-bond donors (Lipinski definition) is 3. The van der Waals surface area contributed by atoms with Crippen LogP contribution in [0.15, 0.2) is 54.1 Å². The number of carbonyl (C=O) groups excluding carboxylic acids is 4. The van der Waals surface area contributed by atoms with Crippen LogP contribution in [0.1, 0.15) is 74.1 Å². The molecule has 2 aliphatic rings. The molecule has 3 heterocycles. The van der Waals surface area contributed by atoms with Crippen molar-refractivity contribution in [2.45, 2.75) is 109 Å². The summed E-state index contributed by atoms with van der Waals surface area (Å²) in [7, 11) is -3.93. The maximum Gasteiger partial charge on any atom is 0.408 e. The van der Waals surface area contributed by atoms with Crippen LogP contribution in [-0.4, -0.2) is 83.2 Å². The molecule has 0 spiro atoms. The maximum atomic E-state index is 14.3. The number of nitrogens with zero attached hydrogens (tertiary/aromatic N) is 2. The van der Waals surface area contributed by atoms with E-state index in [4.69, 9.17) is 13.9 Å². The van der Waals surface area contributed by atoms with Gasteiger partial charge in [-0.3, -0.25) is 24.1 Å². The molecule has 2 fully saturated rings. The number of sulfonamides is 1. The standard InChI is InChI=1S/C34H47N5O9S/c1-9-34(10-2,30(42)38-49(44,45)25-11-12-25)37-28(40)26-16-24(47-23-15-22(17-35-18-23)21-13-14-46-20-21)19-39(26)29(41)27(32(3,4)5)36-31(43)48-33(6,7)8/h9,13-15,17-18,20,24-27H,1,10-12,16,19H2,2-8H3,(H,36,43)(H,37,40)(H,38,42)/t24-,26+,27-,34+/m1/s1. The third-order valence-electron chi connectivity index (χ3n) is 8.35. The number of pyridine rings is 1. The molecule has 268 valence electrons. The van der Waals surface area contributed by atoms with Gasteiger partial charge in [-0.15, -0.1) is 6.58 Å². The molecule has 49 heavy (non-hydrogen) atoms. The van der Waals surface area contributed by atoms with Crippen LogP contribution in [0.2, 0.25) is 0 Å². The zero-order valence-corrected chi connectivity index (χ0v) is 29.9. The van der Waals surface area contributed by atoms with Crippen LogP contribution in [-0.2, 0) is 29.1 Å². The topological polar surface area (TPSA) is 186 Å². The number of ether oxygens (including phenoxy) is 2. The van der Waals surface area contributed by atoms with Gasteiger partial charge < -0.3 is 29.4 Å². The predicted octanol–water partition coefficient (Wildman–Crippen LogP) is 3.69. The van der Waals surface area contributed by atoms with E-state index in [2.05, 4.69) is 26.9 Å². The highest BCUT2D eigenvalue weighted by molar-refractivity contribution is 7.91. The minimum absolute atomic E-state index is 0.00966. The van der Waals surface area contributed by atoms with E-state index in [1.165, 1.54) is 23.4 Å². The Bertz CT molecular complexity index is 1660. The molecule has 2 aromatic rings. The van der Waals surface area contributed by atoms with Gasteiger partial charge in [0.15, 0.2) is 0 Å². The van der Waals surface area contributed by atoms with Crippen molar-refractivity contribution in [1.82, 2.24) is 25.2 Å². The molecule has 4 atom stereocenters. The first-order valence-corrected chi connectivity index (χ1v) is 17.8. The van der Waals surface area contributed by atoms with Crippen LogP contribution in [0.5, 0.6) is 5.75 Å². The van der Waals surface area contributed by atoms with Gasteiger partial charge in [0, 0.05) is 23.7 Å². The molecular formula is C34H47N5O9S. The number of hydrogen-bond acceptors (Lipinski definition) is 10. The summed E-state index contributed by atoms with van der Waals surface area (Å²) in [4.78, 5) is 60.3. The summed E-state index contributed by atoms with van der Waals surface area (Å²) in [6, 6.07) is 1.23. The van der Waals surface area contributed by atoms with Crippen molar-refractivity contribution in [2.75, 3.05) is 6.54 Å². The molecule has 0 unspecified atom stereocenters. The minimum Gasteiger partial charge on any atom is -0.487 e. The van der Waals surface area contributed by atoms with Gasteiger partial charge in [0.25, 0.3) is 5.91 Å². The fraction of sp³-hybridized carbons (Fsp3) is 0.559. The Balaban J connectivity index is 1.64. The lowest BCUT2D eigenvalue weighted by molar-refractivity contribution is -0.143. The van der Waals surface area contributed by atoms with E-state index in [0.29, 0.717) is 18.6 Å². The molecule has 0 aromatic carbocycles. The number of aromatic nitrogens is 1. The Morgan fingerprint density at radius 1 is 1.12 bits per heavy atom. The number of likely N-dealkylation sites (tertiary alicyclic amines) is 1. The summed E-state index contributed by atoms with van der Waals surface area (Å²) in [5.41, 5.74) is -1.94. The van der Waals surface area contributed by atoms with Gasteiger partial charge in [-0.05, 0) is 57.6 Å². The largest absolute Gasteiger partial charge is 0.487 e. The lowest BCUT2D eigenvalue weighted by Crippen LogP contribution is -2.63. The van der Waals surface area contributed by atoms with Gasteiger partial charge in [0.1, 0.15) is 35.1 Å². The van der Waals surface area contributed by atoms with E-state index < -0.39 is 73.8 Å². The van der Waals surface area contributed by atoms with Crippen molar-refractivity contribution in [2.24, 2.45) is 5.41 Å². The van der Waals surface area contributed by atoms with Gasteiger partial charge in [-0.25, -0.2) is 13.2 Å². The molecule has 1 aliphatic carbocycles. The number of alkyl carbamates (subject to hydrolysis) is 1. The average molecular weight is 702 g/mol. The Morgan fingerprint density at radius 3 is 2.37 bits per heavy atom. The molecule has 1 aliphatic heterocycles. The van der Waals surface area contributed by atoms with Crippen LogP contribution in [0.4, 0.5) is 4.79 Å². The van der Waals surface area contributed by atoms with Crippen LogP contribution in [0.3, 0.4) is 0 Å². The van der Waals surface area contributed by atoms with Crippen LogP contribution in [0.25, 0.3) is 11.1 Å². The van der Waals surface area contributed by atoms with E-state index in [9.17, 15) is 27.6 Å². The smallest absolute Gasteiger partial charge is 0.408 e. The van der Waals surface area contributed by atoms with E-state index in [1.807, 2.05) is 0 Å². The summed E-state index contributed by atoms with van der Waals surface area (Å²) in [5.74, 6) is -1.86. The molecule has 14 nitrogen and oxygen atoms in total. The Morgan fingerprint density at radius 2 is 1.82 bits per heavy atom. The molecule has 4 amide bonds. The SMILES string of the molecule is C=C[C@@](CC)(NC(=O)[C@@H]1C[C@@H](Oc2cncc(-c3ccoc3)c2)CN1C(=O)[C@@H](NC(=O)OC(C)(C)C)C(C)(C)C)C(=O)NS(=O)(=O)C1CC1. The lowest BCUT2D eigenvalue weighted by atomic mass is 9.85. The maximum absolute atomic E-state index is 14.3. The van der Waals surface area contributed by atoms with Crippen molar-refractivity contribution in [3.8, 4) is 16.9 Å². The van der Waals surface area contributed by atoms with E-state index >= 15 is 0 Å². The van der Waals surface area contributed by atoms with Gasteiger partial charge >= 0.3 is 6.09 Å². The monoisotopic (exact) mass is 701 g/mol. The number of amides is 4. The van der Waals surface area contributed by atoms with Gasteiger partial charge in [-0.1, -0.05) is 33.8 Å². The first kappa shape index (κ1) is 37.4. The first-order valence-electron chi connectivity index (χ1n) is 16.2. The predicted molar refractivity (Wildman–Crippen MR) is 181 cm³/mol. The second kappa shape index (κ2) is 14.2. The normalized spacial score (nSPS) is 20.0. The summed E-state index contributed by atoms with van der Waals surface area (Å²) < 4.78 is 44.2. The second-order valence-corrected chi connectivity index (χ2v) is 16.5. The van der Waals surface area contributed by atoms with Crippen LogP contribution < -0.4 is 20.1 Å². The third-order valence-corrected chi connectivity index (χ3v) is 10.2. The minimum atomic E-state index is -3.93. The zero-order chi connectivity index (χ0) is 36.4. The van der Waals surface area contributed by atoms with Crippen molar-refractivity contribution < 1.29 is 41.5 Å². The molecule has 2 aromatic heterocycles. The summed E-state index contributed by atoms with van der Waals surface area (Å²) in [5, 5.41) is 4.69. The quantitative estimate of drug-likeness (QED) is 0.276. The highest BCUT2D eigenvalue weighted by atomic mass is 32.2. The van der Waals surface area contributed by atoms with Crippen LogP contribution >= 0.6 is 0 Å². The summed E-state index contributed by atoms with van der Waals surface area (Å²) >= 11 is 0. The van der Waals surface area contributed by atoms with E-state index in [-0.39, 0.29) is 19.4 Å². The molecule has 4 rings (SSSR count).